The second kappa shape index (κ2) is 9.27. The number of hydrogen-bond donors (Lipinski definition) is 1. The van der Waals surface area contributed by atoms with E-state index in [1.54, 1.807) is 12.1 Å². The summed E-state index contributed by atoms with van der Waals surface area (Å²) in [4.78, 5) is 2.25. The summed E-state index contributed by atoms with van der Waals surface area (Å²) >= 11 is 0. The van der Waals surface area contributed by atoms with Crippen LogP contribution in [0.25, 0.3) is 0 Å². The van der Waals surface area contributed by atoms with E-state index in [0.29, 0.717) is 6.54 Å². The van der Waals surface area contributed by atoms with Crippen LogP contribution in [0.5, 0.6) is 5.75 Å². The summed E-state index contributed by atoms with van der Waals surface area (Å²) < 4.78 is 28.4. The number of nitrogens with one attached hydrogen (secondary N) is 1. The molecule has 1 atom stereocenters. The minimum absolute atomic E-state index is 0.0913. The highest BCUT2D eigenvalue weighted by molar-refractivity contribution is 5.31. The summed E-state index contributed by atoms with van der Waals surface area (Å²) in [5.41, 5.74) is 0.735. The molecule has 0 aliphatic heterocycles. The van der Waals surface area contributed by atoms with Crippen molar-refractivity contribution >= 4 is 0 Å². The molecule has 0 aliphatic carbocycles. The molecule has 1 unspecified atom stereocenters. The van der Waals surface area contributed by atoms with Crippen LogP contribution < -0.4 is 10.1 Å². The second-order valence-corrected chi connectivity index (χ2v) is 4.49. The highest BCUT2D eigenvalue weighted by Gasteiger charge is 2.11. The van der Waals surface area contributed by atoms with Crippen molar-refractivity contribution < 1.29 is 13.5 Å². The normalized spacial score (nSPS) is 12.4. The second-order valence-electron chi connectivity index (χ2n) is 4.49. The van der Waals surface area contributed by atoms with Gasteiger partial charge < -0.3 is 9.64 Å². The van der Waals surface area contributed by atoms with Crippen molar-refractivity contribution in [1.82, 2.24) is 10.2 Å². The van der Waals surface area contributed by atoms with Gasteiger partial charge in [-0.05, 0) is 30.8 Å². The number of nitriles is 1. The minimum Gasteiger partial charge on any atom is -0.435 e. The van der Waals surface area contributed by atoms with Crippen molar-refractivity contribution in [2.24, 2.45) is 0 Å². The van der Waals surface area contributed by atoms with Gasteiger partial charge in [0.1, 0.15) is 11.8 Å². The Morgan fingerprint density at radius 3 is 2.33 bits per heavy atom. The van der Waals surface area contributed by atoms with Gasteiger partial charge in [0.2, 0.25) is 0 Å². The fraction of sp³-hybridized carbons (Fsp3) is 0.533. The molecule has 1 aromatic carbocycles. The first-order valence-corrected chi connectivity index (χ1v) is 7.00. The highest BCUT2D eigenvalue weighted by Crippen LogP contribution is 2.19. The van der Waals surface area contributed by atoms with E-state index in [4.69, 9.17) is 0 Å². The van der Waals surface area contributed by atoms with Gasteiger partial charge in [-0.25, -0.2) is 0 Å². The van der Waals surface area contributed by atoms with Crippen LogP contribution in [0.3, 0.4) is 0 Å². The maximum Gasteiger partial charge on any atom is 0.387 e. The molecule has 0 spiro atoms. The van der Waals surface area contributed by atoms with E-state index in [-0.39, 0.29) is 5.75 Å². The molecule has 0 radical (unpaired) electrons. The minimum atomic E-state index is -2.84. The van der Waals surface area contributed by atoms with Gasteiger partial charge in [-0.3, -0.25) is 5.32 Å². The maximum absolute atomic E-state index is 12.1. The zero-order chi connectivity index (χ0) is 15.7. The number of halogens is 2. The Morgan fingerprint density at radius 1 is 1.24 bits per heavy atom. The summed E-state index contributed by atoms with van der Waals surface area (Å²) in [5, 5.41) is 12.3. The van der Waals surface area contributed by atoms with Crippen LogP contribution in [0, 0.1) is 11.3 Å². The summed E-state index contributed by atoms with van der Waals surface area (Å²) in [6.45, 7) is 4.83. The Morgan fingerprint density at radius 2 is 1.86 bits per heavy atom. The molecule has 0 heterocycles. The molecule has 0 bridgehead atoms. The lowest BCUT2D eigenvalue weighted by Crippen LogP contribution is -2.33. The average Bonchev–Trinajstić information content (AvgIpc) is 2.48. The number of rotatable bonds is 9. The Balaban J connectivity index is 2.54. The lowest BCUT2D eigenvalue weighted by atomic mass is 10.1. The fourth-order valence-electron chi connectivity index (χ4n) is 1.99. The first kappa shape index (κ1) is 17.3. The Kier molecular flexibility index (Phi) is 7.65. The van der Waals surface area contributed by atoms with E-state index >= 15 is 0 Å². The molecular formula is C15H21F2N3O. The van der Waals surface area contributed by atoms with Gasteiger partial charge in [0.05, 0.1) is 6.07 Å². The van der Waals surface area contributed by atoms with Crippen LogP contribution in [0.4, 0.5) is 8.78 Å². The molecule has 1 N–H and O–H groups in total. The lowest BCUT2D eigenvalue weighted by Gasteiger charge is -2.19. The zero-order valence-corrected chi connectivity index (χ0v) is 12.4. The summed E-state index contributed by atoms with van der Waals surface area (Å²) in [6.07, 6.45) is 0. The zero-order valence-electron chi connectivity index (χ0n) is 12.4. The van der Waals surface area contributed by atoms with Crippen molar-refractivity contribution in [3.8, 4) is 11.8 Å². The third-order valence-corrected chi connectivity index (χ3v) is 3.24. The number of nitrogens with zero attached hydrogens (tertiary/aromatic N) is 2. The third kappa shape index (κ3) is 6.06. The van der Waals surface area contributed by atoms with Gasteiger partial charge in [-0.2, -0.15) is 14.0 Å². The molecule has 4 nitrogen and oxygen atoms in total. The molecule has 1 aromatic rings. The SMILES string of the molecule is CCN(CC)CCNC(C#N)c1ccc(OC(F)F)cc1. The van der Waals surface area contributed by atoms with Crippen LogP contribution in [0.2, 0.25) is 0 Å². The number of benzene rings is 1. The van der Waals surface area contributed by atoms with E-state index < -0.39 is 12.7 Å². The average molecular weight is 297 g/mol. The number of ether oxygens (including phenoxy) is 1. The predicted octanol–water partition coefficient (Wildman–Crippen LogP) is 2.78. The Labute approximate surface area is 124 Å². The van der Waals surface area contributed by atoms with Gasteiger partial charge in [0, 0.05) is 13.1 Å². The van der Waals surface area contributed by atoms with Crippen molar-refractivity contribution in [3.05, 3.63) is 29.8 Å². The van der Waals surface area contributed by atoms with E-state index in [2.05, 4.69) is 34.9 Å². The summed E-state index contributed by atoms with van der Waals surface area (Å²) in [6, 6.07) is 7.84. The fourth-order valence-corrected chi connectivity index (χ4v) is 1.99. The predicted molar refractivity (Wildman–Crippen MR) is 77.2 cm³/mol. The molecule has 1 rings (SSSR count). The van der Waals surface area contributed by atoms with Crippen molar-refractivity contribution in [3.63, 3.8) is 0 Å². The van der Waals surface area contributed by atoms with Crippen LogP contribution in [0.1, 0.15) is 25.5 Å². The van der Waals surface area contributed by atoms with Gasteiger partial charge in [0.25, 0.3) is 0 Å². The van der Waals surface area contributed by atoms with E-state index in [9.17, 15) is 14.0 Å². The van der Waals surface area contributed by atoms with Crippen molar-refractivity contribution in [2.75, 3.05) is 26.2 Å². The molecular weight excluding hydrogens is 276 g/mol. The quantitative estimate of drug-likeness (QED) is 0.761. The maximum atomic E-state index is 12.1. The van der Waals surface area contributed by atoms with Crippen LogP contribution in [-0.4, -0.2) is 37.7 Å². The number of alkyl halides is 2. The molecule has 0 fully saturated rings. The van der Waals surface area contributed by atoms with Crippen molar-refractivity contribution in [2.45, 2.75) is 26.5 Å². The van der Waals surface area contributed by atoms with Crippen LogP contribution in [-0.2, 0) is 0 Å². The first-order valence-electron chi connectivity index (χ1n) is 7.00. The Bertz CT molecular complexity index is 441. The third-order valence-electron chi connectivity index (χ3n) is 3.24. The number of likely N-dealkylation sites (N-methyl/N-ethyl adjacent to an activating group) is 1. The van der Waals surface area contributed by atoms with Gasteiger partial charge in [-0.15, -0.1) is 0 Å². The van der Waals surface area contributed by atoms with Gasteiger partial charge in [-0.1, -0.05) is 26.0 Å². The first-order chi connectivity index (χ1) is 10.1. The van der Waals surface area contributed by atoms with E-state index in [1.165, 1.54) is 12.1 Å². The topological polar surface area (TPSA) is 48.3 Å². The molecule has 116 valence electrons. The lowest BCUT2D eigenvalue weighted by molar-refractivity contribution is -0.0498. The summed E-state index contributed by atoms with van der Waals surface area (Å²) in [5.74, 6) is 0.0913. The summed E-state index contributed by atoms with van der Waals surface area (Å²) in [7, 11) is 0. The van der Waals surface area contributed by atoms with Gasteiger partial charge in [0.15, 0.2) is 0 Å². The van der Waals surface area contributed by atoms with E-state index in [1.807, 2.05) is 0 Å². The largest absolute Gasteiger partial charge is 0.435 e. The monoisotopic (exact) mass is 297 g/mol. The van der Waals surface area contributed by atoms with Crippen LogP contribution in [0.15, 0.2) is 24.3 Å². The molecule has 0 aromatic heterocycles. The molecule has 21 heavy (non-hydrogen) atoms. The number of hydrogen-bond acceptors (Lipinski definition) is 4. The molecule has 0 saturated heterocycles. The smallest absolute Gasteiger partial charge is 0.387 e. The highest BCUT2D eigenvalue weighted by atomic mass is 19.3. The molecule has 0 aliphatic rings. The molecule has 0 amide bonds. The molecule has 6 heteroatoms. The molecule has 0 saturated carbocycles. The van der Waals surface area contributed by atoms with Crippen molar-refractivity contribution in [1.29, 1.82) is 5.26 Å². The Hall–Kier alpha value is -1.71. The van der Waals surface area contributed by atoms with Gasteiger partial charge >= 0.3 is 6.61 Å². The standard InChI is InChI=1S/C15H21F2N3O/c1-3-20(4-2)10-9-19-14(11-18)12-5-7-13(8-6-12)21-15(16)17/h5-8,14-15,19H,3-4,9-10H2,1-2H3. The van der Waals surface area contributed by atoms with E-state index in [0.717, 1.165) is 25.2 Å². The van der Waals surface area contributed by atoms with Crippen LogP contribution >= 0.6 is 0 Å².